The van der Waals surface area contributed by atoms with Crippen molar-refractivity contribution >= 4 is 11.6 Å². The van der Waals surface area contributed by atoms with Gasteiger partial charge in [0, 0.05) is 24.8 Å². The first-order chi connectivity index (χ1) is 9.52. The summed E-state index contributed by atoms with van der Waals surface area (Å²) in [7, 11) is 0. The predicted octanol–water partition coefficient (Wildman–Crippen LogP) is 1.54. The van der Waals surface area contributed by atoms with Gasteiger partial charge >= 0.3 is 0 Å². The van der Waals surface area contributed by atoms with Crippen LogP contribution in [0.4, 0.5) is 10.1 Å². The maximum Gasteiger partial charge on any atom is 0.250 e. The molecule has 110 valence electrons. The molecular formula is C14H19FN2O3. The highest BCUT2D eigenvalue weighted by Gasteiger charge is 2.32. The SMILES string of the molecule is CCOc1ccc(NC(=O)COC2(C)CNC2)cc1F. The molecule has 20 heavy (non-hydrogen) atoms. The highest BCUT2D eigenvalue weighted by atomic mass is 19.1. The fourth-order valence-corrected chi connectivity index (χ4v) is 1.87. The minimum atomic E-state index is -0.499. The fraction of sp³-hybridized carbons (Fsp3) is 0.500. The molecule has 2 rings (SSSR count). The van der Waals surface area contributed by atoms with Crippen LogP contribution in [-0.2, 0) is 9.53 Å². The van der Waals surface area contributed by atoms with E-state index in [1.54, 1.807) is 13.0 Å². The van der Waals surface area contributed by atoms with Crippen LogP contribution in [0.2, 0.25) is 0 Å². The second-order valence-corrected chi connectivity index (χ2v) is 4.97. The Hall–Kier alpha value is -1.66. The summed E-state index contributed by atoms with van der Waals surface area (Å²) in [5.74, 6) is -0.628. The zero-order chi connectivity index (χ0) is 14.6. The van der Waals surface area contributed by atoms with E-state index < -0.39 is 5.82 Å². The second kappa shape index (κ2) is 6.19. The van der Waals surface area contributed by atoms with Gasteiger partial charge in [0.25, 0.3) is 0 Å². The van der Waals surface area contributed by atoms with E-state index in [1.807, 2.05) is 6.92 Å². The number of ether oxygens (including phenoxy) is 2. The van der Waals surface area contributed by atoms with Crippen LogP contribution in [0.15, 0.2) is 18.2 Å². The molecule has 0 aromatic heterocycles. The molecule has 1 aromatic rings. The van der Waals surface area contributed by atoms with Crippen molar-refractivity contribution in [1.29, 1.82) is 0 Å². The quantitative estimate of drug-likeness (QED) is 0.831. The molecule has 2 N–H and O–H groups in total. The lowest BCUT2D eigenvalue weighted by Crippen LogP contribution is -2.59. The van der Waals surface area contributed by atoms with Gasteiger partial charge in [0.15, 0.2) is 11.6 Å². The molecule has 0 atom stereocenters. The van der Waals surface area contributed by atoms with Gasteiger partial charge in [-0.3, -0.25) is 4.79 Å². The van der Waals surface area contributed by atoms with Crippen molar-refractivity contribution in [3.05, 3.63) is 24.0 Å². The molecule has 0 aliphatic carbocycles. The zero-order valence-corrected chi connectivity index (χ0v) is 11.7. The molecule has 6 heteroatoms. The summed E-state index contributed by atoms with van der Waals surface area (Å²) in [6.45, 7) is 5.53. The van der Waals surface area contributed by atoms with Crippen LogP contribution >= 0.6 is 0 Å². The van der Waals surface area contributed by atoms with E-state index in [0.29, 0.717) is 12.3 Å². The van der Waals surface area contributed by atoms with E-state index in [4.69, 9.17) is 9.47 Å². The van der Waals surface area contributed by atoms with Crippen molar-refractivity contribution in [2.75, 3.05) is 31.6 Å². The van der Waals surface area contributed by atoms with Crippen LogP contribution in [0.25, 0.3) is 0 Å². The molecule has 1 aliphatic heterocycles. The van der Waals surface area contributed by atoms with E-state index in [0.717, 1.165) is 13.1 Å². The standard InChI is InChI=1S/C14H19FN2O3/c1-3-19-12-5-4-10(6-11(12)15)17-13(18)7-20-14(2)8-16-9-14/h4-6,16H,3,7-9H2,1-2H3,(H,17,18). The number of halogens is 1. The van der Waals surface area contributed by atoms with E-state index >= 15 is 0 Å². The van der Waals surface area contributed by atoms with Crippen LogP contribution in [0.5, 0.6) is 5.75 Å². The number of nitrogens with one attached hydrogen (secondary N) is 2. The monoisotopic (exact) mass is 282 g/mol. The molecule has 0 radical (unpaired) electrons. The van der Waals surface area contributed by atoms with Crippen molar-refractivity contribution in [2.45, 2.75) is 19.4 Å². The summed E-state index contributed by atoms with van der Waals surface area (Å²) in [6, 6.07) is 4.32. The van der Waals surface area contributed by atoms with Gasteiger partial charge in [-0.25, -0.2) is 4.39 Å². The topological polar surface area (TPSA) is 59.6 Å². The predicted molar refractivity (Wildman–Crippen MR) is 73.4 cm³/mol. The summed E-state index contributed by atoms with van der Waals surface area (Å²) < 4.78 is 24.2. The molecule has 1 heterocycles. The normalized spacial score (nSPS) is 16.4. The first-order valence-corrected chi connectivity index (χ1v) is 6.59. The summed E-state index contributed by atoms with van der Waals surface area (Å²) >= 11 is 0. The molecule has 0 saturated carbocycles. The number of amides is 1. The average molecular weight is 282 g/mol. The number of hydrogen-bond acceptors (Lipinski definition) is 4. The van der Waals surface area contributed by atoms with Gasteiger partial charge in [-0.15, -0.1) is 0 Å². The molecule has 0 spiro atoms. The maximum absolute atomic E-state index is 13.6. The van der Waals surface area contributed by atoms with Crippen molar-refractivity contribution in [2.24, 2.45) is 0 Å². The number of hydrogen-bond donors (Lipinski definition) is 2. The summed E-state index contributed by atoms with van der Waals surface area (Å²) in [5.41, 5.74) is 0.109. The Balaban J connectivity index is 1.86. The number of carbonyl (C=O) groups is 1. The van der Waals surface area contributed by atoms with E-state index in [2.05, 4.69) is 10.6 Å². The Morgan fingerprint density at radius 1 is 1.50 bits per heavy atom. The molecule has 0 bridgehead atoms. The second-order valence-electron chi connectivity index (χ2n) is 4.97. The van der Waals surface area contributed by atoms with Crippen LogP contribution < -0.4 is 15.4 Å². The lowest BCUT2D eigenvalue weighted by atomic mass is 10.0. The van der Waals surface area contributed by atoms with Crippen molar-refractivity contribution in [1.82, 2.24) is 5.32 Å². The van der Waals surface area contributed by atoms with Gasteiger partial charge in [-0.1, -0.05) is 0 Å². The first kappa shape index (κ1) is 14.7. The Morgan fingerprint density at radius 3 is 2.80 bits per heavy atom. The fourth-order valence-electron chi connectivity index (χ4n) is 1.87. The highest BCUT2D eigenvalue weighted by Crippen LogP contribution is 2.21. The van der Waals surface area contributed by atoms with Gasteiger partial charge in [0.05, 0.1) is 12.2 Å². The molecule has 1 fully saturated rings. The molecule has 0 unspecified atom stereocenters. The minimum absolute atomic E-state index is 0.0486. The zero-order valence-electron chi connectivity index (χ0n) is 11.7. The third kappa shape index (κ3) is 3.68. The lowest BCUT2D eigenvalue weighted by Gasteiger charge is -2.38. The molecule has 1 aliphatic rings. The highest BCUT2D eigenvalue weighted by molar-refractivity contribution is 5.91. The van der Waals surface area contributed by atoms with Gasteiger partial charge in [0.1, 0.15) is 6.61 Å². The van der Waals surface area contributed by atoms with E-state index in [-0.39, 0.29) is 23.9 Å². The maximum atomic E-state index is 13.6. The Labute approximate surface area is 117 Å². The van der Waals surface area contributed by atoms with Gasteiger partial charge < -0.3 is 20.1 Å². The summed E-state index contributed by atoms with van der Waals surface area (Å²) in [5, 5.41) is 5.67. The van der Waals surface area contributed by atoms with E-state index in [1.165, 1.54) is 12.1 Å². The Kier molecular flexibility index (Phi) is 4.57. The Bertz CT molecular complexity index is 489. The summed E-state index contributed by atoms with van der Waals surface area (Å²) in [6.07, 6.45) is 0. The lowest BCUT2D eigenvalue weighted by molar-refractivity contribution is -0.130. The van der Waals surface area contributed by atoms with Crippen molar-refractivity contribution < 1.29 is 18.7 Å². The van der Waals surface area contributed by atoms with Gasteiger partial charge in [-0.2, -0.15) is 0 Å². The summed E-state index contributed by atoms with van der Waals surface area (Å²) in [4.78, 5) is 11.7. The number of anilines is 1. The van der Waals surface area contributed by atoms with Crippen molar-refractivity contribution in [3.8, 4) is 5.75 Å². The molecule has 5 nitrogen and oxygen atoms in total. The van der Waals surface area contributed by atoms with E-state index in [9.17, 15) is 9.18 Å². The number of carbonyl (C=O) groups excluding carboxylic acids is 1. The van der Waals surface area contributed by atoms with Crippen LogP contribution in [0.1, 0.15) is 13.8 Å². The molecule has 1 saturated heterocycles. The van der Waals surface area contributed by atoms with Gasteiger partial charge in [0.2, 0.25) is 5.91 Å². The first-order valence-electron chi connectivity index (χ1n) is 6.59. The Morgan fingerprint density at radius 2 is 2.25 bits per heavy atom. The minimum Gasteiger partial charge on any atom is -0.491 e. The van der Waals surface area contributed by atoms with Crippen LogP contribution in [-0.4, -0.2) is 37.8 Å². The third-order valence-corrected chi connectivity index (χ3v) is 3.07. The van der Waals surface area contributed by atoms with Gasteiger partial charge in [-0.05, 0) is 26.0 Å². The average Bonchev–Trinajstić information content (AvgIpc) is 2.37. The van der Waals surface area contributed by atoms with Crippen LogP contribution in [0, 0.1) is 5.82 Å². The third-order valence-electron chi connectivity index (χ3n) is 3.07. The van der Waals surface area contributed by atoms with Crippen LogP contribution in [0.3, 0.4) is 0 Å². The smallest absolute Gasteiger partial charge is 0.250 e. The molecular weight excluding hydrogens is 263 g/mol. The molecule has 1 amide bonds. The number of benzene rings is 1. The number of rotatable bonds is 6. The largest absolute Gasteiger partial charge is 0.491 e. The molecule has 1 aromatic carbocycles. The van der Waals surface area contributed by atoms with Crippen molar-refractivity contribution in [3.63, 3.8) is 0 Å².